The van der Waals surface area contributed by atoms with Crippen LogP contribution in [-0.4, -0.2) is 36.4 Å². The van der Waals surface area contributed by atoms with Crippen LogP contribution in [-0.2, 0) is 0 Å². The van der Waals surface area contributed by atoms with Crippen molar-refractivity contribution in [3.63, 3.8) is 0 Å². The van der Waals surface area contributed by atoms with Gasteiger partial charge >= 0.3 is 0 Å². The summed E-state index contributed by atoms with van der Waals surface area (Å²) in [6.07, 6.45) is 5.05. The predicted octanol–water partition coefficient (Wildman–Crippen LogP) is -0.611. The van der Waals surface area contributed by atoms with Crippen LogP contribution >= 0.6 is 12.4 Å². The number of hydrazine groups is 2. The second kappa shape index (κ2) is 3.86. The zero-order chi connectivity index (χ0) is 8.67. The molecular formula is C8H14ClN5. The third kappa shape index (κ3) is 1.42. The zero-order valence-corrected chi connectivity index (χ0v) is 8.55. The lowest BCUT2D eigenvalue weighted by Gasteiger charge is -2.24. The highest BCUT2D eigenvalue weighted by Gasteiger charge is 2.33. The van der Waals surface area contributed by atoms with Crippen molar-refractivity contribution < 1.29 is 0 Å². The molecule has 2 atom stereocenters. The van der Waals surface area contributed by atoms with E-state index < -0.39 is 0 Å². The molecule has 0 aromatic carbocycles. The van der Waals surface area contributed by atoms with E-state index in [9.17, 15) is 0 Å². The summed E-state index contributed by atoms with van der Waals surface area (Å²) < 4.78 is 0. The topological polar surface area (TPSA) is 51.7 Å². The molecule has 3 aliphatic heterocycles. The van der Waals surface area contributed by atoms with E-state index in [2.05, 4.69) is 26.3 Å². The number of hydrogen-bond acceptors (Lipinski definition) is 5. The molecule has 0 saturated carbocycles. The van der Waals surface area contributed by atoms with Crippen molar-refractivity contribution in [3.8, 4) is 0 Å². The molecule has 5 nitrogen and oxygen atoms in total. The van der Waals surface area contributed by atoms with Crippen LogP contribution in [0.4, 0.5) is 0 Å². The van der Waals surface area contributed by atoms with Crippen LogP contribution in [0, 0.1) is 0 Å². The maximum Gasteiger partial charge on any atom is 0.0861 e. The van der Waals surface area contributed by atoms with Crippen molar-refractivity contribution in [2.75, 3.05) is 13.1 Å². The van der Waals surface area contributed by atoms with Crippen molar-refractivity contribution in [3.05, 3.63) is 11.9 Å². The Labute approximate surface area is 89.0 Å². The number of nitrogens with one attached hydrogen (secondary N) is 3. The summed E-state index contributed by atoms with van der Waals surface area (Å²) in [6.45, 7) is 2.06. The van der Waals surface area contributed by atoms with Crippen LogP contribution in [0.25, 0.3) is 0 Å². The second-order valence-corrected chi connectivity index (χ2v) is 3.59. The number of halogens is 1. The smallest absolute Gasteiger partial charge is 0.0861 e. The molecule has 0 bridgehead atoms. The summed E-state index contributed by atoms with van der Waals surface area (Å²) in [5.41, 5.74) is 7.55. The van der Waals surface area contributed by atoms with Gasteiger partial charge in [-0.2, -0.15) is 5.53 Å². The lowest BCUT2D eigenvalue weighted by molar-refractivity contribution is 0.235. The highest BCUT2D eigenvalue weighted by molar-refractivity contribution is 5.85. The highest BCUT2D eigenvalue weighted by atomic mass is 35.5. The van der Waals surface area contributed by atoms with Gasteiger partial charge in [-0.3, -0.25) is 10.0 Å². The van der Waals surface area contributed by atoms with Gasteiger partial charge < -0.3 is 5.32 Å². The van der Waals surface area contributed by atoms with Crippen molar-refractivity contribution >= 4 is 18.6 Å². The third-order valence-corrected chi connectivity index (χ3v) is 2.78. The molecule has 0 radical (unpaired) electrons. The molecule has 0 amide bonds. The average Bonchev–Trinajstić information content (AvgIpc) is 2.72. The van der Waals surface area contributed by atoms with Gasteiger partial charge in [0.15, 0.2) is 0 Å². The van der Waals surface area contributed by atoms with E-state index in [0.717, 1.165) is 13.1 Å². The number of fused-ring (bicyclic) bond motifs is 3. The second-order valence-electron chi connectivity index (χ2n) is 3.59. The van der Waals surface area contributed by atoms with Gasteiger partial charge in [0.2, 0.25) is 0 Å². The number of hydrogen-bond donors (Lipinski definition) is 3. The molecule has 2 unspecified atom stereocenters. The molecule has 3 N–H and O–H groups in total. The van der Waals surface area contributed by atoms with Gasteiger partial charge in [0.05, 0.1) is 17.8 Å². The maximum atomic E-state index is 4.17. The highest BCUT2D eigenvalue weighted by Crippen LogP contribution is 2.20. The lowest BCUT2D eigenvalue weighted by Crippen LogP contribution is -2.42. The lowest BCUT2D eigenvalue weighted by atomic mass is 10.2. The summed E-state index contributed by atoms with van der Waals surface area (Å²) >= 11 is 0. The van der Waals surface area contributed by atoms with Crippen molar-refractivity contribution in [2.45, 2.75) is 18.5 Å². The standard InChI is InChI=1S/C8H13N5.ClH/c1-2-10-7-4-9-5-8(7)13-6(1)3-11-12-13;/h4-7,10-12H,1-3H2;1H. The Morgan fingerprint density at radius 3 is 3.36 bits per heavy atom. The fourth-order valence-corrected chi connectivity index (χ4v) is 2.07. The minimum atomic E-state index is 0. The van der Waals surface area contributed by atoms with E-state index >= 15 is 0 Å². The van der Waals surface area contributed by atoms with Gasteiger partial charge in [-0.05, 0) is 13.0 Å². The van der Waals surface area contributed by atoms with Gasteiger partial charge in [-0.25, -0.2) is 5.43 Å². The van der Waals surface area contributed by atoms with Gasteiger partial charge in [-0.15, -0.1) is 12.4 Å². The number of aliphatic imine (C=N–C) groups is 1. The monoisotopic (exact) mass is 215 g/mol. The van der Waals surface area contributed by atoms with E-state index in [1.807, 2.05) is 12.4 Å². The minimum Gasteiger partial charge on any atom is -0.304 e. The molecule has 3 rings (SSSR count). The van der Waals surface area contributed by atoms with Crippen LogP contribution in [0.1, 0.15) is 6.42 Å². The Hall–Kier alpha value is -0.620. The van der Waals surface area contributed by atoms with Crippen LogP contribution in [0.15, 0.2) is 16.9 Å². The molecule has 3 heterocycles. The molecule has 2 saturated heterocycles. The third-order valence-electron chi connectivity index (χ3n) is 2.78. The van der Waals surface area contributed by atoms with Crippen molar-refractivity contribution in [2.24, 2.45) is 4.99 Å². The van der Waals surface area contributed by atoms with Crippen LogP contribution < -0.4 is 16.3 Å². The van der Waals surface area contributed by atoms with E-state index in [4.69, 9.17) is 0 Å². The first kappa shape index (κ1) is 9.92. The Morgan fingerprint density at radius 1 is 1.50 bits per heavy atom. The number of nitrogens with zero attached hydrogens (tertiary/aromatic N) is 2. The summed E-state index contributed by atoms with van der Waals surface area (Å²) in [6, 6.07) is 0.864. The summed E-state index contributed by atoms with van der Waals surface area (Å²) in [4.78, 5) is 4.17. The molecule has 2 fully saturated rings. The first-order valence-corrected chi connectivity index (χ1v) is 4.69. The summed E-state index contributed by atoms with van der Waals surface area (Å²) in [5, 5.41) is 5.64. The van der Waals surface area contributed by atoms with E-state index in [0.29, 0.717) is 12.1 Å². The van der Waals surface area contributed by atoms with Gasteiger partial charge in [0, 0.05) is 19.0 Å². The van der Waals surface area contributed by atoms with E-state index in [-0.39, 0.29) is 12.4 Å². The fourth-order valence-electron chi connectivity index (χ4n) is 2.07. The van der Waals surface area contributed by atoms with Crippen molar-refractivity contribution in [1.82, 2.24) is 21.3 Å². The molecule has 0 spiro atoms. The predicted molar refractivity (Wildman–Crippen MR) is 57.0 cm³/mol. The SMILES string of the molecule is C1=NC=C2C1NCCC1CNNN21.Cl. The Balaban J connectivity index is 0.000000750. The molecule has 14 heavy (non-hydrogen) atoms. The van der Waals surface area contributed by atoms with Crippen LogP contribution in [0.2, 0.25) is 0 Å². The zero-order valence-electron chi connectivity index (χ0n) is 7.73. The average molecular weight is 216 g/mol. The molecule has 0 aliphatic carbocycles. The maximum absolute atomic E-state index is 4.17. The Kier molecular flexibility index (Phi) is 2.73. The van der Waals surface area contributed by atoms with Crippen molar-refractivity contribution in [1.29, 1.82) is 0 Å². The summed E-state index contributed by atoms with van der Waals surface area (Å²) in [7, 11) is 0. The van der Waals surface area contributed by atoms with E-state index in [1.165, 1.54) is 12.1 Å². The molecular weight excluding hydrogens is 202 g/mol. The number of rotatable bonds is 0. The van der Waals surface area contributed by atoms with Gasteiger partial charge in [-0.1, -0.05) is 0 Å². The Morgan fingerprint density at radius 2 is 2.43 bits per heavy atom. The minimum absolute atomic E-state index is 0. The normalized spacial score (nSPS) is 34.3. The van der Waals surface area contributed by atoms with Crippen LogP contribution in [0.5, 0.6) is 0 Å². The van der Waals surface area contributed by atoms with Gasteiger partial charge in [0.25, 0.3) is 0 Å². The largest absolute Gasteiger partial charge is 0.304 e. The first-order chi connectivity index (χ1) is 6.45. The first-order valence-electron chi connectivity index (χ1n) is 4.69. The quantitative estimate of drug-likeness (QED) is 0.505. The molecule has 0 aromatic rings. The summed E-state index contributed by atoms with van der Waals surface area (Å²) in [5.74, 6) is 0. The van der Waals surface area contributed by atoms with E-state index in [1.54, 1.807) is 0 Å². The van der Waals surface area contributed by atoms with Crippen LogP contribution in [0.3, 0.4) is 0 Å². The molecule has 3 aliphatic rings. The fraction of sp³-hybridized carbons (Fsp3) is 0.625. The molecule has 0 aromatic heterocycles. The molecule has 78 valence electrons. The Bertz CT molecular complexity index is 277. The van der Waals surface area contributed by atoms with Gasteiger partial charge in [0.1, 0.15) is 0 Å². The molecule has 6 heteroatoms.